The Morgan fingerprint density at radius 1 is 1.21 bits per heavy atom. The van der Waals surface area contributed by atoms with Crippen molar-refractivity contribution in [3.8, 4) is 5.75 Å². The van der Waals surface area contributed by atoms with Gasteiger partial charge in [-0.25, -0.2) is 4.98 Å². The number of anilines is 1. The highest BCUT2D eigenvalue weighted by molar-refractivity contribution is 6.06. The molecule has 4 rings (SSSR count). The van der Waals surface area contributed by atoms with Gasteiger partial charge in [0, 0.05) is 25.7 Å². The minimum Gasteiger partial charge on any atom is -0.483 e. The third-order valence-corrected chi connectivity index (χ3v) is 4.57. The molecule has 144 valence electrons. The molecular weight excluding hydrogens is 358 g/mol. The minimum atomic E-state index is -0.321. The molecule has 28 heavy (non-hydrogen) atoms. The Bertz CT molecular complexity index is 1040. The third-order valence-electron chi connectivity index (χ3n) is 4.57. The molecule has 1 aromatic heterocycles. The van der Waals surface area contributed by atoms with Gasteiger partial charge in [-0.05, 0) is 43.2 Å². The van der Waals surface area contributed by atoms with E-state index in [2.05, 4.69) is 10.3 Å². The van der Waals surface area contributed by atoms with Gasteiger partial charge in [0.2, 0.25) is 0 Å². The van der Waals surface area contributed by atoms with E-state index in [0.717, 1.165) is 24.2 Å². The number of benzene rings is 2. The van der Waals surface area contributed by atoms with Crippen LogP contribution in [0.15, 0.2) is 46.9 Å². The summed E-state index contributed by atoms with van der Waals surface area (Å²) in [5.41, 5.74) is 2.41. The lowest BCUT2D eigenvalue weighted by Crippen LogP contribution is -2.28. The molecule has 0 atom stereocenters. The zero-order chi connectivity index (χ0) is 19.7. The number of carbonyl (C=O) groups is 2. The average Bonchev–Trinajstić information content (AvgIpc) is 3.45. The fourth-order valence-corrected chi connectivity index (χ4v) is 2.78. The Morgan fingerprint density at radius 2 is 2.00 bits per heavy atom. The lowest BCUT2D eigenvalue weighted by Gasteiger charge is -2.14. The molecule has 1 saturated carbocycles. The van der Waals surface area contributed by atoms with Gasteiger partial charge in [0.15, 0.2) is 18.1 Å². The Kier molecular flexibility index (Phi) is 4.73. The molecule has 0 aliphatic heterocycles. The zero-order valence-corrected chi connectivity index (χ0v) is 15.8. The monoisotopic (exact) mass is 379 g/mol. The molecule has 0 radical (unpaired) electrons. The quantitative estimate of drug-likeness (QED) is 0.709. The first-order chi connectivity index (χ1) is 13.5. The first kappa shape index (κ1) is 18.0. The summed E-state index contributed by atoms with van der Waals surface area (Å²) in [6, 6.07) is 12.2. The van der Waals surface area contributed by atoms with Crippen LogP contribution in [0.3, 0.4) is 0 Å². The van der Waals surface area contributed by atoms with Gasteiger partial charge in [0.25, 0.3) is 11.8 Å². The van der Waals surface area contributed by atoms with Crippen molar-refractivity contribution < 1.29 is 18.7 Å². The summed E-state index contributed by atoms with van der Waals surface area (Å²) in [5.74, 6) is 1.05. The molecule has 7 heteroatoms. The van der Waals surface area contributed by atoms with Gasteiger partial charge < -0.3 is 19.4 Å². The van der Waals surface area contributed by atoms with E-state index in [4.69, 9.17) is 9.15 Å². The Balaban J connectivity index is 1.50. The number of nitrogens with one attached hydrogen (secondary N) is 1. The van der Waals surface area contributed by atoms with Crippen molar-refractivity contribution in [2.75, 3.05) is 26.0 Å². The van der Waals surface area contributed by atoms with E-state index >= 15 is 0 Å². The molecule has 1 N–H and O–H groups in total. The maximum Gasteiger partial charge on any atom is 0.259 e. The van der Waals surface area contributed by atoms with Crippen LogP contribution in [-0.4, -0.2) is 42.4 Å². The first-order valence-electron chi connectivity index (χ1n) is 9.15. The number of nitrogens with zero attached hydrogens (tertiary/aromatic N) is 2. The van der Waals surface area contributed by atoms with Crippen molar-refractivity contribution in [3.05, 3.63) is 53.9 Å². The summed E-state index contributed by atoms with van der Waals surface area (Å²) >= 11 is 0. The second-order valence-electron chi connectivity index (χ2n) is 7.04. The van der Waals surface area contributed by atoms with Crippen molar-refractivity contribution in [2.24, 2.45) is 0 Å². The summed E-state index contributed by atoms with van der Waals surface area (Å²) in [7, 11) is 3.30. The molecule has 7 nitrogen and oxygen atoms in total. The molecule has 2 aromatic carbocycles. The van der Waals surface area contributed by atoms with Gasteiger partial charge in [0.05, 0.1) is 5.56 Å². The van der Waals surface area contributed by atoms with Crippen molar-refractivity contribution in [1.29, 1.82) is 0 Å². The number of hydrogen-bond donors (Lipinski definition) is 1. The smallest absolute Gasteiger partial charge is 0.259 e. The van der Waals surface area contributed by atoms with E-state index in [1.807, 2.05) is 6.07 Å². The fraction of sp³-hybridized carbons (Fsp3) is 0.286. The van der Waals surface area contributed by atoms with Crippen LogP contribution in [0.1, 0.15) is 35.0 Å². The number of aromatic nitrogens is 1. The molecule has 1 fully saturated rings. The number of rotatable bonds is 6. The standard InChI is InChI=1S/C21H21N3O4/c1-24(2)19(25)12-27-17-6-4-3-5-15(17)20(26)22-14-9-10-18-16(11-14)23-21(28-18)13-7-8-13/h3-6,9-11,13H,7-8,12H2,1-2H3,(H,22,26). The maximum atomic E-state index is 12.7. The van der Waals surface area contributed by atoms with E-state index in [9.17, 15) is 9.59 Å². The topological polar surface area (TPSA) is 84.7 Å². The first-order valence-corrected chi connectivity index (χ1v) is 9.15. The van der Waals surface area contributed by atoms with Gasteiger partial charge in [-0.15, -0.1) is 0 Å². The summed E-state index contributed by atoms with van der Waals surface area (Å²) in [6.45, 7) is -0.133. The number of oxazole rings is 1. The van der Waals surface area contributed by atoms with Crippen LogP contribution in [-0.2, 0) is 4.79 Å². The number of carbonyl (C=O) groups excluding carboxylic acids is 2. The molecule has 2 amide bonds. The second-order valence-corrected chi connectivity index (χ2v) is 7.04. The van der Waals surface area contributed by atoms with Crippen molar-refractivity contribution >= 4 is 28.6 Å². The molecule has 0 saturated heterocycles. The summed E-state index contributed by atoms with van der Waals surface area (Å²) in [4.78, 5) is 30.4. The predicted octanol–water partition coefficient (Wildman–Crippen LogP) is 3.42. The molecule has 0 unspecified atom stereocenters. The van der Waals surface area contributed by atoms with Crippen molar-refractivity contribution in [1.82, 2.24) is 9.88 Å². The number of fused-ring (bicyclic) bond motifs is 1. The van der Waals surface area contributed by atoms with Crippen LogP contribution < -0.4 is 10.1 Å². The van der Waals surface area contributed by atoms with E-state index in [1.165, 1.54) is 4.90 Å². The SMILES string of the molecule is CN(C)C(=O)COc1ccccc1C(=O)Nc1ccc2oc(C3CC3)nc2c1. The summed E-state index contributed by atoms with van der Waals surface area (Å²) in [6.07, 6.45) is 2.23. The van der Waals surface area contributed by atoms with Crippen LogP contribution in [0.4, 0.5) is 5.69 Å². The lowest BCUT2D eigenvalue weighted by atomic mass is 10.2. The molecule has 0 bridgehead atoms. The van der Waals surface area contributed by atoms with Gasteiger partial charge in [-0.2, -0.15) is 0 Å². The Hall–Kier alpha value is -3.35. The van der Waals surface area contributed by atoms with Crippen molar-refractivity contribution in [3.63, 3.8) is 0 Å². The van der Waals surface area contributed by atoms with E-state index in [-0.39, 0.29) is 18.4 Å². The molecule has 1 aliphatic rings. The predicted molar refractivity (Wildman–Crippen MR) is 105 cm³/mol. The number of ether oxygens (including phenoxy) is 1. The minimum absolute atomic E-state index is 0.133. The molecule has 0 spiro atoms. The van der Waals surface area contributed by atoms with Gasteiger partial charge in [-0.3, -0.25) is 9.59 Å². The average molecular weight is 379 g/mol. The van der Waals surface area contributed by atoms with E-state index in [1.54, 1.807) is 50.5 Å². The highest BCUT2D eigenvalue weighted by Crippen LogP contribution is 2.40. The van der Waals surface area contributed by atoms with Crippen LogP contribution in [0.5, 0.6) is 5.75 Å². The maximum absolute atomic E-state index is 12.7. The van der Waals surface area contributed by atoms with Gasteiger partial charge in [-0.1, -0.05) is 12.1 Å². The summed E-state index contributed by atoms with van der Waals surface area (Å²) < 4.78 is 11.3. The van der Waals surface area contributed by atoms with E-state index in [0.29, 0.717) is 28.5 Å². The largest absolute Gasteiger partial charge is 0.483 e. The fourth-order valence-electron chi connectivity index (χ4n) is 2.78. The number of para-hydroxylation sites is 1. The van der Waals surface area contributed by atoms with Crippen LogP contribution in [0.2, 0.25) is 0 Å². The van der Waals surface area contributed by atoms with Crippen LogP contribution in [0.25, 0.3) is 11.1 Å². The van der Waals surface area contributed by atoms with E-state index < -0.39 is 0 Å². The highest BCUT2D eigenvalue weighted by Gasteiger charge is 2.29. The number of hydrogen-bond acceptors (Lipinski definition) is 5. The second kappa shape index (κ2) is 7.34. The Morgan fingerprint density at radius 3 is 2.75 bits per heavy atom. The molecule has 1 heterocycles. The highest BCUT2D eigenvalue weighted by atomic mass is 16.5. The molecular formula is C21H21N3O4. The number of likely N-dealkylation sites (N-methyl/N-ethyl adjacent to an activating group) is 1. The molecule has 3 aromatic rings. The zero-order valence-electron chi connectivity index (χ0n) is 15.8. The molecule has 1 aliphatic carbocycles. The Labute approximate surface area is 162 Å². The number of amides is 2. The van der Waals surface area contributed by atoms with Gasteiger partial charge in [0.1, 0.15) is 11.3 Å². The van der Waals surface area contributed by atoms with Gasteiger partial charge >= 0.3 is 0 Å². The normalized spacial score (nSPS) is 13.4. The third kappa shape index (κ3) is 3.83. The van der Waals surface area contributed by atoms with Crippen LogP contribution in [0, 0.1) is 0 Å². The summed E-state index contributed by atoms with van der Waals surface area (Å²) in [5, 5.41) is 2.86. The van der Waals surface area contributed by atoms with Crippen LogP contribution >= 0.6 is 0 Å². The lowest BCUT2D eigenvalue weighted by molar-refractivity contribution is -0.130. The van der Waals surface area contributed by atoms with Crippen molar-refractivity contribution in [2.45, 2.75) is 18.8 Å².